The van der Waals surface area contributed by atoms with Crippen LogP contribution in [0, 0.1) is 0 Å². The van der Waals surface area contributed by atoms with E-state index in [9.17, 15) is 0 Å². The lowest BCUT2D eigenvalue weighted by Crippen LogP contribution is -2.39. The van der Waals surface area contributed by atoms with E-state index in [4.69, 9.17) is 0 Å². The molecule has 1 atom stereocenters. The molecule has 0 amide bonds. The molecule has 0 aromatic carbocycles. The van der Waals surface area contributed by atoms with E-state index in [1.165, 1.54) is 19.5 Å². The van der Waals surface area contributed by atoms with Crippen molar-refractivity contribution in [2.24, 2.45) is 5.10 Å². The second-order valence-corrected chi connectivity index (χ2v) is 4.74. The summed E-state index contributed by atoms with van der Waals surface area (Å²) in [6, 6.07) is 1.35. The summed E-state index contributed by atoms with van der Waals surface area (Å²) in [7, 11) is 0. The van der Waals surface area contributed by atoms with Crippen LogP contribution in [0.1, 0.15) is 27.2 Å². The highest BCUT2D eigenvalue weighted by Crippen LogP contribution is 2.19. The van der Waals surface area contributed by atoms with E-state index in [0.29, 0.717) is 12.1 Å². The summed E-state index contributed by atoms with van der Waals surface area (Å²) in [5.74, 6) is 0. The van der Waals surface area contributed by atoms with Crippen molar-refractivity contribution in [1.82, 2.24) is 14.8 Å². The zero-order valence-electron chi connectivity index (χ0n) is 10.1. The highest BCUT2D eigenvalue weighted by Gasteiger charge is 2.29. The summed E-state index contributed by atoms with van der Waals surface area (Å²) in [6.07, 6.45) is 3.29. The van der Waals surface area contributed by atoms with Gasteiger partial charge >= 0.3 is 0 Å². The van der Waals surface area contributed by atoms with Gasteiger partial charge in [-0.25, -0.2) is 0 Å². The Kier molecular flexibility index (Phi) is 3.14. The van der Waals surface area contributed by atoms with Gasteiger partial charge in [0, 0.05) is 31.7 Å². The van der Waals surface area contributed by atoms with Crippen LogP contribution in [-0.2, 0) is 0 Å². The van der Waals surface area contributed by atoms with E-state index in [2.05, 4.69) is 40.7 Å². The molecule has 4 nitrogen and oxygen atoms in total. The summed E-state index contributed by atoms with van der Waals surface area (Å²) in [6.45, 7) is 11.1. The van der Waals surface area contributed by atoms with Gasteiger partial charge < -0.3 is 4.90 Å². The van der Waals surface area contributed by atoms with Gasteiger partial charge in [0.1, 0.15) is 13.0 Å². The van der Waals surface area contributed by atoms with Crippen LogP contribution in [0.15, 0.2) is 5.10 Å². The third kappa shape index (κ3) is 2.25. The molecule has 2 rings (SSSR count). The van der Waals surface area contributed by atoms with Crippen molar-refractivity contribution in [2.75, 3.05) is 26.3 Å². The van der Waals surface area contributed by atoms with Crippen LogP contribution in [0.4, 0.5) is 0 Å². The molecule has 4 heteroatoms. The molecule has 0 aromatic rings. The maximum Gasteiger partial charge on any atom is 0.113 e. The quantitative estimate of drug-likeness (QED) is 0.694. The maximum atomic E-state index is 4.37. The van der Waals surface area contributed by atoms with Gasteiger partial charge in [0.05, 0.1) is 0 Å². The Morgan fingerprint density at radius 1 is 1.47 bits per heavy atom. The standard InChI is InChI=1S/C11H22N4/c1-4-15-9-14(8-12-15)11-5-6-13(7-11)10(2)3/h8,10-11H,4-7,9H2,1-3H3. The van der Waals surface area contributed by atoms with Gasteiger partial charge in [0.15, 0.2) is 0 Å². The first-order valence-electron chi connectivity index (χ1n) is 5.99. The van der Waals surface area contributed by atoms with Crippen LogP contribution in [0.25, 0.3) is 0 Å². The van der Waals surface area contributed by atoms with Crippen LogP contribution in [0.3, 0.4) is 0 Å². The second kappa shape index (κ2) is 4.39. The van der Waals surface area contributed by atoms with Gasteiger partial charge in [-0.3, -0.25) is 9.91 Å². The molecular formula is C11H22N4. The molecule has 1 unspecified atom stereocenters. The Hall–Kier alpha value is -0.770. The molecule has 2 aliphatic heterocycles. The van der Waals surface area contributed by atoms with Crippen LogP contribution in [-0.4, -0.2) is 59.5 Å². The van der Waals surface area contributed by atoms with E-state index in [-0.39, 0.29) is 0 Å². The number of hydrogen-bond acceptors (Lipinski definition) is 4. The second-order valence-electron chi connectivity index (χ2n) is 4.74. The van der Waals surface area contributed by atoms with E-state index in [0.717, 1.165) is 13.2 Å². The zero-order chi connectivity index (χ0) is 10.8. The maximum absolute atomic E-state index is 4.37. The van der Waals surface area contributed by atoms with Crippen LogP contribution < -0.4 is 0 Å². The molecule has 0 N–H and O–H groups in total. The van der Waals surface area contributed by atoms with Crippen molar-refractivity contribution in [2.45, 2.75) is 39.3 Å². The van der Waals surface area contributed by atoms with Crippen molar-refractivity contribution in [3.8, 4) is 0 Å². The molecule has 15 heavy (non-hydrogen) atoms. The molecule has 1 saturated heterocycles. The highest BCUT2D eigenvalue weighted by atomic mass is 15.6. The van der Waals surface area contributed by atoms with Crippen molar-refractivity contribution in [1.29, 1.82) is 0 Å². The molecule has 2 heterocycles. The van der Waals surface area contributed by atoms with E-state index in [1.807, 2.05) is 6.34 Å². The lowest BCUT2D eigenvalue weighted by molar-refractivity contribution is 0.197. The number of hydrogen-bond donors (Lipinski definition) is 0. The minimum absolute atomic E-state index is 0.674. The summed E-state index contributed by atoms with van der Waals surface area (Å²) in [5, 5.41) is 6.47. The third-order valence-electron chi connectivity index (χ3n) is 3.45. The monoisotopic (exact) mass is 210 g/mol. The fourth-order valence-electron chi connectivity index (χ4n) is 2.30. The van der Waals surface area contributed by atoms with Crippen molar-refractivity contribution >= 4 is 6.34 Å². The Labute approximate surface area is 92.5 Å². The number of likely N-dealkylation sites (tertiary alicyclic amines) is 1. The average molecular weight is 210 g/mol. The van der Waals surface area contributed by atoms with E-state index >= 15 is 0 Å². The van der Waals surface area contributed by atoms with Gasteiger partial charge in [-0.05, 0) is 27.2 Å². The fraction of sp³-hybridized carbons (Fsp3) is 0.909. The molecule has 0 radical (unpaired) electrons. The number of nitrogens with zero attached hydrogens (tertiary/aromatic N) is 4. The van der Waals surface area contributed by atoms with Crippen molar-refractivity contribution in [3.05, 3.63) is 0 Å². The van der Waals surface area contributed by atoms with Crippen LogP contribution in [0.5, 0.6) is 0 Å². The van der Waals surface area contributed by atoms with E-state index < -0.39 is 0 Å². The topological polar surface area (TPSA) is 22.1 Å². The Bertz CT molecular complexity index is 239. The summed E-state index contributed by atoms with van der Waals surface area (Å²) in [4.78, 5) is 4.93. The number of hydrazone groups is 1. The van der Waals surface area contributed by atoms with Gasteiger partial charge in [-0.2, -0.15) is 5.10 Å². The predicted octanol–water partition coefficient (Wildman–Crippen LogP) is 1.01. The fourth-order valence-corrected chi connectivity index (χ4v) is 2.30. The molecule has 0 bridgehead atoms. The summed E-state index contributed by atoms with van der Waals surface area (Å²) < 4.78 is 0. The first-order chi connectivity index (χ1) is 7.20. The normalized spacial score (nSPS) is 27.3. The SMILES string of the molecule is CCN1CN(C2CCN(C(C)C)C2)C=N1. The van der Waals surface area contributed by atoms with Gasteiger partial charge in [0.2, 0.25) is 0 Å². The minimum atomic E-state index is 0.674. The summed E-state index contributed by atoms with van der Waals surface area (Å²) >= 11 is 0. The Balaban J connectivity index is 1.85. The third-order valence-corrected chi connectivity index (χ3v) is 3.45. The lowest BCUT2D eigenvalue weighted by Gasteiger charge is -2.25. The lowest BCUT2D eigenvalue weighted by atomic mass is 10.2. The molecule has 0 aromatic heterocycles. The van der Waals surface area contributed by atoms with E-state index in [1.54, 1.807) is 0 Å². The first-order valence-corrected chi connectivity index (χ1v) is 5.99. The number of rotatable bonds is 3. The predicted molar refractivity (Wildman–Crippen MR) is 62.7 cm³/mol. The summed E-state index contributed by atoms with van der Waals surface area (Å²) in [5.41, 5.74) is 0. The van der Waals surface area contributed by atoms with Gasteiger partial charge in [-0.1, -0.05) is 0 Å². The average Bonchev–Trinajstić information content (AvgIpc) is 2.86. The van der Waals surface area contributed by atoms with Crippen molar-refractivity contribution in [3.63, 3.8) is 0 Å². The zero-order valence-corrected chi connectivity index (χ0v) is 10.1. The molecular weight excluding hydrogens is 188 g/mol. The molecule has 0 aliphatic carbocycles. The molecule has 1 fully saturated rings. The van der Waals surface area contributed by atoms with Crippen LogP contribution >= 0.6 is 0 Å². The largest absolute Gasteiger partial charge is 0.338 e. The molecule has 86 valence electrons. The minimum Gasteiger partial charge on any atom is -0.338 e. The highest BCUT2D eigenvalue weighted by molar-refractivity contribution is 5.56. The Morgan fingerprint density at radius 3 is 2.80 bits per heavy atom. The molecule has 0 spiro atoms. The van der Waals surface area contributed by atoms with Crippen LogP contribution in [0.2, 0.25) is 0 Å². The Morgan fingerprint density at radius 2 is 2.27 bits per heavy atom. The molecule has 2 aliphatic rings. The van der Waals surface area contributed by atoms with Gasteiger partial charge in [-0.15, -0.1) is 0 Å². The van der Waals surface area contributed by atoms with Gasteiger partial charge in [0.25, 0.3) is 0 Å². The van der Waals surface area contributed by atoms with Crippen molar-refractivity contribution < 1.29 is 0 Å². The molecule has 0 saturated carbocycles. The smallest absolute Gasteiger partial charge is 0.113 e. The first kappa shape index (κ1) is 10.7.